The molecule has 1 aromatic carbocycles. The number of benzene rings is 1. The third-order valence-electron chi connectivity index (χ3n) is 5.65. The fraction of sp³-hybridized carbons (Fsp3) is 0.524. The van der Waals surface area contributed by atoms with E-state index in [-0.39, 0.29) is 11.9 Å². The quantitative estimate of drug-likeness (QED) is 0.819. The lowest BCUT2D eigenvalue weighted by molar-refractivity contribution is -0.123. The van der Waals surface area contributed by atoms with E-state index < -0.39 is 0 Å². The molecule has 2 N–H and O–H groups in total. The van der Waals surface area contributed by atoms with Gasteiger partial charge in [-0.1, -0.05) is 18.2 Å². The van der Waals surface area contributed by atoms with Crippen molar-refractivity contribution in [3.05, 3.63) is 48.3 Å². The summed E-state index contributed by atoms with van der Waals surface area (Å²) >= 11 is 0. The molecule has 2 aliphatic rings. The molecular weight excluding hydrogens is 338 g/mol. The number of amides is 1. The second kappa shape index (κ2) is 8.67. The van der Waals surface area contributed by atoms with Crippen molar-refractivity contribution >= 4 is 5.91 Å². The highest BCUT2D eigenvalue weighted by Crippen LogP contribution is 2.19. The van der Waals surface area contributed by atoms with Crippen molar-refractivity contribution in [2.45, 2.75) is 38.3 Å². The summed E-state index contributed by atoms with van der Waals surface area (Å²) < 4.78 is 2.02. The zero-order valence-corrected chi connectivity index (χ0v) is 15.8. The third kappa shape index (κ3) is 4.57. The van der Waals surface area contributed by atoms with Gasteiger partial charge in [0.15, 0.2) is 0 Å². The minimum absolute atomic E-state index is 0.0184. The van der Waals surface area contributed by atoms with Gasteiger partial charge in [-0.15, -0.1) is 0 Å². The van der Waals surface area contributed by atoms with Crippen molar-refractivity contribution in [2.75, 3.05) is 26.2 Å². The molecule has 2 aromatic rings. The van der Waals surface area contributed by atoms with Gasteiger partial charge in [0.25, 0.3) is 0 Å². The first kappa shape index (κ1) is 18.2. The van der Waals surface area contributed by atoms with Crippen LogP contribution in [0.2, 0.25) is 0 Å². The lowest BCUT2D eigenvalue weighted by Gasteiger charge is -2.33. The van der Waals surface area contributed by atoms with Crippen LogP contribution in [-0.2, 0) is 11.3 Å². The van der Waals surface area contributed by atoms with E-state index in [9.17, 15) is 4.79 Å². The zero-order valence-electron chi connectivity index (χ0n) is 15.8. The molecule has 144 valence electrons. The molecule has 0 aliphatic carbocycles. The number of rotatable bonds is 6. The van der Waals surface area contributed by atoms with Crippen molar-refractivity contribution in [2.24, 2.45) is 5.92 Å². The first-order valence-electron chi connectivity index (χ1n) is 10.1. The standard InChI is InChI=1S/C21H29N5O/c27-21(20-9-4-11-22-20)23-14-17-6-5-13-25(15-17)16-19-10-12-24-26(19)18-7-2-1-3-8-18/h1-3,7-8,10,12,17,20,22H,4-6,9,11,13-16H2,(H,23,27). The molecule has 0 saturated carbocycles. The molecule has 0 bridgehead atoms. The van der Waals surface area contributed by atoms with Crippen molar-refractivity contribution in [3.8, 4) is 5.69 Å². The summed E-state index contributed by atoms with van der Waals surface area (Å²) in [6.07, 6.45) is 6.31. The predicted molar refractivity (Wildman–Crippen MR) is 106 cm³/mol. The lowest BCUT2D eigenvalue weighted by Crippen LogP contribution is -2.45. The first-order valence-corrected chi connectivity index (χ1v) is 10.1. The van der Waals surface area contributed by atoms with Gasteiger partial charge < -0.3 is 10.6 Å². The maximum atomic E-state index is 12.2. The molecule has 0 spiro atoms. The van der Waals surface area contributed by atoms with Crippen molar-refractivity contribution in [1.82, 2.24) is 25.3 Å². The number of piperidine rings is 1. The minimum atomic E-state index is 0.0184. The van der Waals surface area contributed by atoms with Gasteiger partial charge in [-0.2, -0.15) is 5.10 Å². The van der Waals surface area contributed by atoms with E-state index in [1.54, 1.807) is 0 Å². The van der Waals surface area contributed by atoms with Crippen molar-refractivity contribution in [1.29, 1.82) is 0 Å². The summed E-state index contributed by atoms with van der Waals surface area (Å²) in [5.41, 5.74) is 2.31. The normalized spacial score (nSPS) is 23.4. The van der Waals surface area contributed by atoms with Crippen LogP contribution in [-0.4, -0.2) is 52.8 Å². The molecule has 2 aliphatic heterocycles. The maximum absolute atomic E-state index is 12.2. The van der Waals surface area contributed by atoms with E-state index in [1.807, 2.05) is 29.1 Å². The van der Waals surface area contributed by atoms with Crippen molar-refractivity contribution in [3.63, 3.8) is 0 Å². The number of aromatic nitrogens is 2. The molecule has 4 rings (SSSR count). The van der Waals surface area contributed by atoms with Crippen molar-refractivity contribution < 1.29 is 4.79 Å². The fourth-order valence-corrected chi connectivity index (χ4v) is 4.22. The van der Waals surface area contributed by atoms with Gasteiger partial charge >= 0.3 is 0 Å². The Morgan fingerprint density at radius 2 is 2.07 bits per heavy atom. The highest BCUT2D eigenvalue weighted by Gasteiger charge is 2.25. The Hall–Kier alpha value is -2.18. The van der Waals surface area contributed by atoms with E-state index in [0.717, 1.165) is 51.3 Å². The largest absolute Gasteiger partial charge is 0.354 e. The molecule has 0 radical (unpaired) electrons. The Morgan fingerprint density at radius 1 is 1.19 bits per heavy atom. The highest BCUT2D eigenvalue weighted by molar-refractivity contribution is 5.81. The lowest BCUT2D eigenvalue weighted by atomic mass is 9.97. The van der Waals surface area contributed by atoms with E-state index in [4.69, 9.17) is 0 Å². The molecule has 2 fully saturated rings. The van der Waals surface area contributed by atoms with E-state index in [1.165, 1.54) is 18.5 Å². The topological polar surface area (TPSA) is 62.2 Å². The Kier molecular flexibility index (Phi) is 5.84. The Labute approximate surface area is 160 Å². The Morgan fingerprint density at radius 3 is 2.89 bits per heavy atom. The second-order valence-corrected chi connectivity index (χ2v) is 7.71. The number of carbonyl (C=O) groups is 1. The molecule has 27 heavy (non-hydrogen) atoms. The summed E-state index contributed by atoms with van der Waals surface area (Å²) in [6.45, 7) is 4.77. The molecule has 6 nitrogen and oxygen atoms in total. The highest BCUT2D eigenvalue weighted by atomic mass is 16.2. The van der Waals surface area contributed by atoms with Crippen LogP contribution in [0.4, 0.5) is 0 Å². The molecular formula is C21H29N5O. The van der Waals surface area contributed by atoms with Crippen LogP contribution in [0.3, 0.4) is 0 Å². The number of para-hydroxylation sites is 1. The first-order chi connectivity index (χ1) is 13.3. The summed E-state index contributed by atoms with van der Waals surface area (Å²) in [4.78, 5) is 14.7. The van der Waals surface area contributed by atoms with Crippen LogP contribution < -0.4 is 10.6 Å². The molecule has 1 amide bonds. The second-order valence-electron chi connectivity index (χ2n) is 7.71. The molecule has 2 saturated heterocycles. The molecule has 6 heteroatoms. The molecule has 1 aromatic heterocycles. The van der Waals surface area contributed by atoms with Gasteiger partial charge in [0.05, 0.1) is 17.4 Å². The van der Waals surface area contributed by atoms with Gasteiger partial charge in [0, 0.05) is 25.8 Å². The number of carbonyl (C=O) groups excluding carboxylic acids is 1. The number of nitrogens with zero attached hydrogens (tertiary/aromatic N) is 3. The van der Waals surface area contributed by atoms with Gasteiger partial charge in [-0.25, -0.2) is 4.68 Å². The molecule has 3 heterocycles. The number of nitrogens with one attached hydrogen (secondary N) is 2. The van der Waals surface area contributed by atoms with E-state index in [0.29, 0.717) is 5.92 Å². The van der Waals surface area contributed by atoms with Gasteiger partial charge in [0.1, 0.15) is 0 Å². The Bertz CT molecular complexity index is 738. The Balaban J connectivity index is 1.31. The molecule has 2 atom stereocenters. The van der Waals surface area contributed by atoms with Crippen LogP contribution in [0, 0.1) is 5.92 Å². The third-order valence-corrected chi connectivity index (χ3v) is 5.65. The zero-order chi connectivity index (χ0) is 18.5. The van der Waals surface area contributed by atoms with Gasteiger partial charge in [0.2, 0.25) is 5.91 Å². The summed E-state index contributed by atoms with van der Waals surface area (Å²) in [7, 11) is 0. The van der Waals surface area contributed by atoms with Gasteiger partial charge in [-0.05, 0) is 62.9 Å². The summed E-state index contributed by atoms with van der Waals surface area (Å²) in [5, 5.41) is 10.9. The SMILES string of the molecule is O=C(NCC1CCCN(Cc2ccnn2-c2ccccc2)C1)C1CCCN1. The predicted octanol–water partition coefficient (Wildman–Crippen LogP) is 1.95. The van der Waals surface area contributed by atoms with E-state index >= 15 is 0 Å². The number of likely N-dealkylation sites (tertiary alicyclic amines) is 1. The van der Waals surface area contributed by atoms with Crippen LogP contribution in [0.15, 0.2) is 42.6 Å². The smallest absolute Gasteiger partial charge is 0.237 e. The van der Waals surface area contributed by atoms with Gasteiger partial charge in [-0.3, -0.25) is 9.69 Å². The average Bonchev–Trinajstić information content (AvgIpc) is 3.39. The molecule has 2 unspecified atom stereocenters. The van der Waals surface area contributed by atoms with Crippen LogP contribution in [0.1, 0.15) is 31.4 Å². The monoisotopic (exact) mass is 367 g/mol. The number of hydrogen-bond acceptors (Lipinski definition) is 4. The summed E-state index contributed by atoms with van der Waals surface area (Å²) in [6, 6.07) is 12.4. The summed E-state index contributed by atoms with van der Waals surface area (Å²) in [5.74, 6) is 0.698. The maximum Gasteiger partial charge on any atom is 0.237 e. The average molecular weight is 367 g/mol. The van der Waals surface area contributed by atoms with Crippen LogP contribution in [0.25, 0.3) is 5.69 Å². The van der Waals surface area contributed by atoms with Crippen LogP contribution in [0.5, 0.6) is 0 Å². The van der Waals surface area contributed by atoms with E-state index in [2.05, 4.69) is 38.8 Å². The minimum Gasteiger partial charge on any atom is -0.354 e. The fourth-order valence-electron chi connectivity index (χ4n) is 4.22. The van der Waals surface area contributed by atoms with Crippen LogP contribution >= 0.6 is 0 Å². The number of hydrogen-bond donors (Lipinski definition) is 2.